The fourth-order valence-corrected chi connectivity index (χ4v) is 4.54. The molecule has 0 saturated heterocycles. The van der Waals surface area contributed by atoms with Gasteiger partial charge in [0.2, 0.25) is 10.0 Å². The molecule has 0 bridgehead atoms. The summed E-state index contributed by atoms with van der Waals surface area (Å²) in [5.41, 5.74) is 0.218. The van der Waals surface area contributed by atoms with Crippen molar-refractivity contribution in [2.24, 2.45) is 0 Å². The summed E-state index contributed by atoms with van der Waals surface area (Å²) in [6.07, 6.45) is 0. The standard InChI is InChI=1S/C23H26N2O5S/c1-16(2)25-31(27,28)22-15-19(9-11-21(22)29-3)23(26)24-12-13-30-20-10-8-17-6-4-5-7-18(17)14-20/h4-11,14-16,25H,12-13H2,1-3H3,(H,24,26). The van der Waals surface area contributed by atoms with Gasteiger partial charge in [-0.2, -0.15) is 0 Å². The number of hydrogen-bond acceptors (Lipinski definition) is 5. The lowest BCUT2D eigenvalue weighted by Gasteiger charge is -2.14. The normalized spacial score (nSPS) is 11.5. The topological polar surface area (TPSA) is 93.7 Å². The first-order chi connectivity index (χ1) is 14.8. The molecule has 0 aliphatic carbocycles. The first-order valence-corrected chi connectivity index (χ1v) is 11.4. The average molecular weight is 443 g/mol. The molecular weight excluding hydrogens is 416 g/mol. The molecule has 0 saturated carbocycles. The summed E-state index contributed by atoms with van der Waals surface area (Å²) in [6, 6.07) is 17.8. The van der Waals surface area contributed by atoms with Crippen molar-refractivity contribution in [2.45, 2.75) is 24.8 Å². The molecule has 0 spiro atoms. The highest BCUT2D eigenvalue weighted by Gasteiger charge is 2.22. The Bertz CT molecular complexity index is 1180. The zero-order valence-electron chi connectivity index (χ0n) is 17.7. The second-order valence-corrected chi connectivity index (χ2v) is 8.94. The largest absolute Gasteiger partial charge is 0.495 e. The molecule has 7 nitrogen and oxygen atoms in total. The van der Waals surface area contributed by atoms with Gasteiger partial charge < -0.3 is 14.8 Å². The summed E-state index contributed by atoms with van der Waals surface area (Å²) in [5.74, 6) is 0.487. The molecule has 31 heavy (non-hydrogen) atoms. The number of fused-ring (bicyclic) bond motifs is 1. The Balaban J connectivity index is 1.62. The number of methoxy groups -OCH3 is 1. The van der Waals surface area contributed by atoms with Crippen molar-refractivity contribution >= 4 is 26.7 Å². The van der Waals surface area contributed by atoms with E-state index in [1.165, 1.54) is 25.3 Å². The van der Waals surface area contributed by atoms with Crippen molar-refractivity contribution in [1.29, 1.82) is 0 Å². The molecule has 1 amide bonds. The number of nitrogens with one attached hydrogen (secondary N) is 2. The minimum absolute atomic E-state index is 0.0798. The quantitative estimate of drug-likeness (QED) is 0.496. The van der Waals surface area contributed by atoms with E-state index in [2.05, 4.69) is 10.0 Å². The molecule has 164 valence electrons. The van der Waals surface area contributed by atoms with Gasteiger partial charge in [0.1, 0.15) is 23.0 Å². The van der Waals surface area contributed by atoms with E-state index in [1.54, 1.807) is 13.8 Å². The van der Waals surface area contributed by atoms with Gasteiger partial charge in [-0.15, -0.1) is 0 Å². The van der Waals surface area contributed by atoms with E-state index in [-0.39, 0.29) is 35.4 Å². The maximum Gasteiger partial charge on any atom is 0.251 e. The predicted molar refractivity (Wildman–Crippen MR) is 120 cm³/mol. The number of carbonyl (C=O) groups excluding carboxylic acids is 1. The van der Waals surface area contributed by atoms with Crippen molar-refractivity contribution < 1.29 is 22.7 Å². The second kappa shape index (κ2) is 9.80. The maximum atomic E-state index is 12.6. The third kappa shape index (κ3) is 5.74. The molecule has 3 rings (SSSR count). The van der Waals surface area contributed by atoms with E-state index in [9.17, 15) is 13.2 Å². The number of amides is 1. The number of hydrogen-bond donors (Lipinski definition) is 2. The fraction of sp³-hybridized carbons (Fsp3) is 0.261. The van der Waals surface area contributed by atoms with E-state index in [4.69, 9.17) is 9.47 Å². The van der Waals surface area contributed by atoms with Crippen molar-refractivity contribution in [2.75, 3.05) is 20.3 Å². The average Bonchev–Trinajstić information content (AvgIpc) is 2.75. The van der Waals surface area contributed by atoms with Crippen LogP contribution in [0.5, 0.6) is 11.5 Å². The minimum Gasteiger partial charge on any atom is -0.495 e. The van der Waals surface area contributed by atoms with Crippen LogP contribution in [0.2, 0.25) is 0 Å². The van der Waals surface area contributed by atoms with Gasteiger partial charge in [-0.05, 0) is 55.0 Å². The summed E-state index contributed by atoms with van der Waals surface area (Å²) >= 11 is 0. The van der Waals surface area contributed by atoms with Gasteiger partial charge in [-0.3, -0.25) is 4.79 Å². The van der Waals surface area contributed by atoms with Crippen LogP contribution in [0.1, 0.15) is 24.2 Å². The van der Waals surface area contributed by atoms with Gasteiger partial charge in [0, 0.05) is 11.6 Å². The molecule has 0 heterocycles. The van der Waals surface area contributed by atoms with E-state index in [1.807, 2.05) is 42.5 Å². The SMILES string of the molecule is COc1ccc(C(=O)NCCOc2ccc3ccccc3c2)cc1S(=O)(=O)NC(C)C. The Morgan fingerprint density at radius 3 is 2.45 bits per heavy atom. The fourth-order valence-electron chi connectivity index (χ4n) is 3.09. The number of rotatable bonds is 9. The molecule has 0 aliphatic heterocycles. The van der Waals surface area contributed by atoms with Crippen LogP contribution in [0.3, 0.4) is 0 Å². The van der Waals surface area contributed by atoms with Crippen LogP contribution in [0.15, 0.2) is 65.6 Å². The lowest BCUT2D eigenvalue weighted by atomic mass is 10.1. The third-order valence-corrected chi connectivity index (χ3v) is 6.16. The van der Waals surface area contributed by atoms with E-state index >= 15 is 0 Å². The van der Waals surface area contributed by atoms with Gasteiger partial charge >= 0.3 is 0 Å². The molecule has 2 N–H and O–H groups in total. The van der Waals surface area contributed by atoms with Crippen LogP contribution in [-0.2, 0) is 10.0 Å². The molecule has 0 radical (unpaired) electrons. The van der Waals surface area contributed by atoms with Gasteiger partial charge in [-0.1, -0.05) is 30.3 Å². The summed E-state index contributed by atoms with van der Waals surface area (Å²) in [4.78, 5) is 12.4. The van der Waals surface area contributed by atoms with E-state index in [0.717, 1.165) is 10.8 Å². The maximum absolute atomic E-state index is 12.6. The van der Waals surface area contributed by atoms with Crippen molar-refractivity contribution in [3.8, 4) is 11.5 Å². The van der Waals surface area contributed by atoms with E-state index < -0.39 is 15.9 Å². The number of ether oxygens (including phenoxy) is 2. The number of sulfonamides is 1. The Morgan fingerprint density at radius 1 is 1.00 bits per heavy atom. The molecule has 8 heteroatoms. The lowest BCUT2D eigenvalue weighted by molar-refractivity contribution is 0.0946. The van der Waals surface area contributed by atoms with Gasteiger partial charge in [0.05, 0.1) is 13.7 Å². The molecule has 3 aromatic rings. The lowest BCUT2D eigenvalue weighted by Crippen LogP contribution is -2.31. The van der Waals surface area contributed by atoms with Crippen molar-refractivity contribution in [3.05, 3.63) is 66.2 Å². The Hall–Kier alpha value is -3.10. The second-order valence-electron chi connectivity index (χ2n) is 7.25. The highest BCUT2D eigenvalue weighted by Crippen LogP contribution is 2.25. The van der Waals surface area contributed by atoms with Crippen molar-refractivity contribution in [1.82, 2.24) is 10.0 Å². The van der Waals surface area contributed by atoms with Crippen LogP contribution < -0.4 is 19.5 Å². The molecule has 0 fully saturated rings. The highest BCUT2D eigenvalue weighted by molar-refractivity contribution is 7.89. The van der Waals surface area contributed by atoms with Gasteiger partial charge in [0.15, 0.2) is 0 Å². The van der Waals surface area contributed by atoms with Crippen LogP contribution in [0.4, 0.5) is 0 Å². The molecule has 0 aliphatic rings. The first kappa shape index (κ1) is 22.6. The first-order valence-electron chi connectivity index (χ1n) is 9.90. The molecule has 0 unspecified atom stereocenters. The number of carbonyl (C=O) groups is 1. The van der Waals surface area contributed by atoms with Crippen LogP contribution in [-0.4, -0.2) is 40.6 Å². The summed E-state index contributed by atoms with van der Waals surface area (Å²) in [7, 11) is -2.43. The van der Waals surface area contributed by atoms with Crippen LogP contribution in [0, 0.1) is 0 Å². The monoisotopic (exact) mass is 442 g/mol. The summed E-state index contributed by atoms with van der Waals surface area (Å²) in [5, 5.41) is 4.94. The van der Waals surface area contributed by atoms with Crippen molar-refractivity contribution in [3.63, 3.8) is 0 Å². The molecule has 0 aromatic heterocycles. The molecule has 0 atom stereocenters. The molecular formula is C23H26N2O5S. The zero-order chi connectivity index (χ0) is 22.4. The Kier molecular flexibility index (Phi) is 7.14. The molecule has 3 aromatic carbocycles. The predicted octanol–water partition coefficient (Wildman–Crippen LogP) is 3.34. The minimum atomic E-state index is -3.82. The van der Waals surface area contributed by atoms with E-state index in [0.29, 0.717) is 5.75 Å². The Labute approximate surface area is 182 Å². The smallest absolute Gasteiger partial charge is 0.251 e. The van der Waals surface area contributed by atoms with Gasteiger partial charge in [0.25, 0.3) is 5.91 Å². The van der Waals surface area contributed by atoms with Crippen LogP contribution in [0.25, 0.3) is 10.8 Å². The Morgan fingerprint density at radius 2 is 1.74 bits per heavy atom. The van der Waals surface area contributed by atoms with Gasteiger partial charge in [-0.25, -0.2) is 13.1 Å². The summed E-state index contributed by atoms with van der Waals surface area (Å²) in [6.45, 7) is 3.98. The number of benzene rings is 3. The zero-order valence-corrected chi connectivity index (χ0v) is 18.5. The highest BCUT2D eigenvalue weighted by atomic mass is 32.2. The third-order valence-electron chi connectivity index (χ3n) is 4.48. The summed E-state index contributed by atoms with van der Waals surface area (Å²) < 4.78 is 38.5. The van der Waals surface area contributed by atoms with Crippen LogP contribution >= 0.6 is 0 Å².